The van der Waals surface area contributed by atoms with Crippen LogP contribution < -0.4 is 10.6 Å². The molecule has 9 heteroatoms. The summed E-state index contributed by atoms with van der Waals surface area (Å²) in [5.41, 5.74) is 1.27. The molecule has 0 spiro atoms. The maximum atomic E-state index is 14.7. The molecule has 7 nitrogen and oxygen atoms in total. The molecule has 2 amide bonds. The molecule has 3 aromatic rings. The molecule has 1 saturated carbocycles. The fraction of sp³-hybridized carbons (Fsp3) is 0.217. The third-order valence-electron chi connectivity index (χ3n) is 5.28. The van der Waals surface area contributed by atoms with Crippen LogP contribution in [-0.2, 0) is 5.41 Å². The summed E-state index contributed by atoms with van der Waals surface area (Å²) in [4.78, 5) is 20.6. The van der Waals surface area contributed by atoms with Crippen molar-refractivity contribution >= 4 is 23.2 Å². The van der Waals surface area contributed by atoms with Crippen LogP contribution in [-0.4, -0.2) is 27.7 Å². The molecule has 1 aliphatic rings. The van der Waals surface area contributed by atoms with Gasteiger partial charge in [-0.3, -0.25) is 10.3 Å². The zero-order valence-electron chi connectivity index (χ0n) is 16.8. The molecule has 1 aromatic carbocycles. The first-order valence-corrected chi connectivity index (χ1v) is 10.6. The van der Waals surface area contributed by atoms with Crippen molar-refractivity contribution in [1.29, 1.82) is 5.26 Å². The number of anilines is 1. The van der Waals surface area contributed by atoms with Crippen LogP contribution >= 0.6 is 11.3 Å². The number of hydrogen-bond donors (Lipinski definition) is 3. The van der Waals surface area contributed by atoms with Gasteiger partial charge in [0, 0.05) is 22.7 Å². The molecule has 4 rings (SSSR count). The number of aromatic nitrogens is 2. The highest BCUT2D eigenvalue weighted by atomic mass is 32.1. The summed E-state index contributed by atoms with van der Waals surface area (Å²) in [6.45, 7) is -0.394. The number of nitrogens with one attached hydrogen (secondary N) is 2. The first-order chi connectivity index (χ1) is 15.5. The van der Waals surface area contributed by atoms with E-state index in [0.29, 0.717) is 46.1 Å². The SMILES string of the molecule is C#Cc1nc(NC(=O)NC(CO)c2ccc(-c3c(F)cccc3C3(C#N)CC3)cn2)cs1. The minimum atomic E-state index is -0.788. The summed E-state index contributed by atoms with van der Waals surface area (Å²) in [5, 5.41) is 26.5. The van der Waals surface area contributed by atoms with Gasteiger partial charge in [-0.1, -0.05) is 18.2 Å². The maximum Gasteiger partial charge on any atom is 0.321 e. The van der Waals surface area contributed by atoms with Crippen molar-refractivity contribution in [2.75, 3.05) is 11.9 Å². The quantitative estimate of drug-likeness (QED) is 0.499. The van der Waals surface area contributed by atoms with Crippen molar-refractivity contribution in [3.05, 3.63) is 64.0 Å². The number of halogens is 1. The first-order valence-electron chi connectivity index (χ1n) is 9.77. The van der Waals surface area contributed by atoms with Gasteiger partial charge < -0.3 is 10.4 Å². The Bertz CT molecular complexity index is 1240. The number of pyridine rings is 1. The van der Waals surface area contributed by atoms with Gasteiger partial charge >= 0.3 is 6.03 Å². The molecule has 3 N–H and O–H groups in total. The van der Waals surface area contributed by atoms with E-state index < -0.39 is 29.9 Å². The molecule has 1 unspecified atom stereocenters. The van der Waals surface area contributed by atoms with Crippen LogP contribution in [0.1, 0.15) is 35.1 Å². The van der Waals surface area contributed by atoms with E-state index in [2.05, 4.69) is 32.6 Å². The van der Waals surface area contributed by atoms with Crippen LogP contribution in [0.4, 0.5) is 15.0 Å². The number of carbonyl (C=O) groups excluding carboxylic acids is 1. The molecule has 2 heterocycles. The summed E-state index contributed by atoms with van der Waals surface area (Å²) in [5.74, 6) is 2.26. The topological polar surface area (TPSA) is 111 Å². The number of rotatable bonds is 6. The standard InChI is InChI=1S/C23H18FN5O2S/c1-2-20-28-19(12-32-20)29-22(31)27-18(11-30)17-7-6-14(10-26-17)21-15(4-3-5-16(21)24)23(13-25)8-9-23/h1,3-7,10,12,18,30H,8-9,11H2,(H2,27,29,31). The van der Waals surface area contributed by atoms with Gasteiger partial charge in [0.05, 0.1) is 29.8 Å². The molecule has 32 heavy (non-hydrogen) atoms. The summed E-state index contributed by atoms with van der Waals surface area (Å²) < 4.78 is 14.7. The molecule has 1 atom stereocenters. The molecule has 2 aromatic heterocycles. The van der Waals surface area contributed by atoms with Crippen LogP contribution in [0, 0.1) is 29.5 Å². The summed E-state index contributed by atoms with van der Waals surface area (Å²) >= 11 is 1.22. The molecule has 1 aliphatic carbocycles. The van der Waals surface area contributed by atoms with E-state index in [1.54, 1.807) is 29.6 Å². The minimum absolute atomic E-state index is 0.305. The number of terminal acetylenes is 1. The minimum Gasteiger partial charge on any atom is -0.394 e. The third-order valence-corrected chi connectivity index (χ3v) is 6.06. The molecule has 0 aliphatic heterocycles. The lowest BCUT2D eigenvalue weighted by Crippen LogP contribution is -2.34. The van der Waals surface area contributed by atoms with Gasteiger partial charge in [-0.15, -0.1) is 17.8 Å². The Morgan fingerprint density at radius 1 is 1.38 bits per heavy atom. The Labute approximate surface area is 188 Å². The smallest absolute Gasteiger partial charge is 0.321 e. The van der Waals surface area contributed by atoms with Crippen LogP contribution in [0.25, 0.3) is 11.1 Å². The lowest BCUT2D eigenvalue weighted by atomic mass is 9.89. The van der Waals surface area contributed by atoms with E-state index in [-0.39, 0.29) is 0 Å². The van der Waals surface area contributed by atoms with Gasteiger partial charge in [-0.05, 0) is 36.5 Å². The normalized spacial score (nSPS) is 14.6. The van der Waals surface area contributed by atoms with Crippen molar-refractivity contribution < 1.29 is 14.3 Å². The van der Waals surface area contributed by atoms with Crippen molar-refractivity contribution in [3.8, 4) is 29.5 Å². The average molecular weight is 447 g/mol. The highest BCUT2D eigenvalue weighted by Crippen LogP contribution is 2.51. The maximum absolute atomic E-state index is 14.7. The number of benzene rings is 1. The van der Waals surface area contributed by atoms with Crippen LogP contribution in [0.3, 0.4) is 0 Å². The number of nitriles is 1. The molecular formula is C23H18FN5O2S. The van der Waals surface area contributed by atoms with E-state index in [9.17, 15) is 19.6 Å². The molecule has 0 radical (unpaired) electrons. The Hall–Kier alpha value is -3.79. The number of nitrogens with zero attached hydrogens (tertiary/aromatic N) is 3. The highest BCUT2D eigenvalue weighted by molar-refractivity contribution is 7.10. The van der Waals surface area contributed by atoms with E-state index >= 15 is 0 Å². The Morgan fingerprint density at radius 3 is 2.78 bits per heavy atom. The largest absolute Gasteiger partial charge is 0.394 e. The molecule has 0 bridgehead atoms. The van der Waals surface area contributed by atoms with Crippen molar-refractivity contribution in [2.24, 2.45) is 0 Å². The van der Waals surface area contributed by atoms with Crippen LogP contribution in [0.15, 0.2) is 41.9 Å². The fourth-order valence-electron chi connectivity index (χ4n) is 3.46. The van der Waals surface area contributed by atoms with Gasteiger partial charge in [0.1, 0.15) is 11.6 Å². The number of aliphatic hydroxyl groups is 1. The van der Waals surface area contributed by atoms with E-state index in [0.717, 1.165) is 0 Å². The Morgan fingerprint density at radius 2 is 2.19 bits per heavy atom. The fourth-order valence-corrected chi connectivity index (χ4v) is 4.02. The van der Waals surface area contributed by atoms with Gasteiger partial charge in [-0.2, -0.15) is 5.26 Å². The second-order valence-electron chi connectivity index (χ2n) is 7.34. The molecular weight excluding hydrogens is 429 g/mol. The van der Waals surface area contributed by atoms with E-state index in [4.69, 9.17) is 6.42 Å². The monoisotopic (exact) mass is 447 g/mol. The Kier molecular flexibility index (Phi) is 5.87. The van der Waals surface area contributed by atoms with Crippen molar-refractivity contribution in [3.63, 3.8) is 0 Å². The van der Waals surface area contributed by atoms with Crippen LogP contribution in [0.2, 0.25) is 0 Å². The summed E-state index contributed by atoms with van der Waals surface area (Å²) in [6, 6.07) is 8.94. The average Bonchev–Trinajstić information content (AvgIpc) is 3.49. The van der Waals surface area contributed by atoms with E-state index in [1.165, 1.54) is 23.6 Å². The van der Waals surface area contributed by atoms with Gasteiger partial charge in [-0.25, -0.2) is 14.2 Å². The zero-order chi connectivity index (χ0) is 22.7. The third kappa shape index (κ3) is 4.17. The van der Waals surface area contributed by atoms with E-state index in [1.807, 2.05) is 0 Å². The zero-order valence-corrected chi connectivity index (χ0v) is 17.6. The van der Waals surface area contributed by atoms with Gasteiger partial charge in [0.2, 0.25) is 0 Å². The number of hydrogen-bond acceptors (Lipinski definition) is 6. The summed E-state index contributed by atoms with van der Waals surface area (Å²) in [7, 11) is 0. The predicted molar refractivity (Wildman–Crippen MR) is 118 cm³/mol. The number of urea groups is 1. The van der Waals surface area contributed by atoms with Crippen LogP contribution in [0.5, 0.6) is 0 Å². The molecule has 1 fully saturated rings. The lowest BCUT2D eigenvalue weighted by Gasteiger charge is -2.17. The van der Waals surface area contributed by atoms with Crippen molar-refractivity contribution in [2.45, 2.75) is 24.3 Å². The number of thiazole rings is 1. The highest BCUT2D eigenvalue weighted by Gasteiger charge is 2.46. The number of aliphatic hydroxyl groups excluding tert-OH is 1. The second-order valence-corrected chi connectivity index (χ2v) is 8.20. The number of carbonyl (C=O) groups is 1. The predicted octanol–water partition coefficient (Wildman–Crippen LogP) is 3.74. The van der Waals surface area contributed by atoms with Crippen molar-refractivity contribution in [1.82, 2.24) is 15.3 Å². The molecule has 160 valence electrons. The summed E-state index contributed by atoms with van der Waals surface area (Å²) in [6.07, 6.45) is 8.13. The van der Waals surface area contributed by atoms with Gasteiger partial charge in [0.15, 0.2) is 5.01 Å². The molecule has 0 saturated heterocycles. The Balaban J connectivity index is 1.53. The number of amides is 2. The first kappa shape index (κ1) is 21.4. The van der Waals surface area contributed by atoms with Gasteiger partial charge in [0.25, 0.3) is 0 Å². The second kappa shape index (κ2) is 8.75. The lowest BCUT2D eigenvalue weighted by molar-refractivity contribution is 0.224.